The lowest BCUT2D eigenvalue weighted by atomic mass is 9.99. The number of hydrogen-bond acceptors (Lipinski definition) is 5. The van der Waals surface area contributed by atoms with Crippen molar-refractivity contribution in [3.05, 3.63) is 70.8 Å². The molecular weight excluding hydrogens is 449 g/mol. The molecular formula is C28H36FNO5. The van der Waals surface area contributed by atoms with Gasteiger partial charge in [0, 0.05) is 19.5 Å². The van der Waals surface area contributed by atoms with Gasteiger partial charge >= 0.3 is 18.1 Å². The number of halogens is 1. The molecule has 0 aliphatic carbocycles. The first-order valence-electron chi connectivity index (χ1n) is 12.1. The summed E-state index contributed by atoms with van der Waals surface area (Å²) in [7, 11) is 0. The summed E-state index contributed by atoms with van der Waals surface area (Å²) in [5.41, 5.74) is 2.07. The number of aryl methyl sites for hydroxylation is 1. The average Bonchev–Trinajstić information content (AvgIpc) is 2.80. The highest BCUT2D eigenvalue weighted by atomic mass is 19.1. The molecule has 0 fully saturated rings. The van der Waals surface area contributed by atoms with Crippen LogP contribution in [0.4, 0.5) is 9.18 Å². The second-order valence-electron chi connectivity index (χ2n) is 9.47. The van der Waals surface area contributed by atoms with E-state index < -0.39 is 23.7 Å². The number of amides is 1. The minimum absolute atomic E-state index is 0.110. The number of benzene rings is 2. The van der Waals surface area contributed by atoms with Gasteiger partial charge in [0.2, 0.25) is 0 Å². The van der Waals surface area contributed by atoms with Crippen molar-refractivity contribution < 1.29 is 28.2 Å². The van der Waals surface area contributed by atoms with Crippen LogP contribution in [0, 0.1) is 0 Å². The zero-order valence-electron chi connectivity index (χ0n) is 21.1. The van der Waals surface area contributed by atoms with E-state index in [1.165, 1.54) is 0 Å². The van der Waals surface area contributed by atoms with Gasteiger partial charge in [0.1, 0.15) is 5.60 Å². The van der Waals surface area contributed by atoms with Gasteiger partial charge in [-0.3, -0.25) is 4.79 Å². The predicted octanol–water partition coefficient (Wildman–Crippen LogP) is 6.05. The van der Waals surface area contributed by atoms with Crippen molar-refractivity contribution in [3.8, 4) is 0 Å². The van der Waals surface area contributed by atoms with Gasteiger partial charge in [0.25, 0.3) is 0 Å². The van der Waals surface area contributed by atoms with Gasteiger partial charge in [0.05, 0.1) is 12.2 Å². The van der Waals surface area contributed by atoms with Crippen LogP contribution in [0.3, 0.4) is 0 Å². The van der Waals surface area contributed by atoms with Gasteiger partial charge < -0.3 is 14.4 Å². The summed E-state index contributed by atoms with van der Waals surface area (Å²) >= 11 is 0. The predicted molar refractivity (Wildman–Crippen MR) is 133 cm³/mol. The van der Waals surface area contributed by atoms with E-state index in [4.69, 9.17) is 9.47 Å². The zero-order valence-corrected chi connectivity index (χ0v) is 21.1. The Morgan fingerprint density at radius 3 is 2.31 bits per heavy atom. The quantitative estimate of drug-likeness (QED) is 0.208. The largest absolute Gasteiger partial charge is 0.456 e. The number of carbonyl (C=O) groups is 3. The molecule has 0 saturated heterocycles. The molecule has 35 heavy (non-hydrogen) atoms. The first-order valence-corrected chi connectivity index (χ1v) is 12.1. The Labute approximate surface area is 207 Å². The summed E-state index contributed by atoms with van der Waals surface area (Å²) in [6.45, 7) is 8.31. The molecule has 0 aliphatic heterocycles. The molecule has 2 rings (SSSR count). The maximum absolute atomic E-state index is 13.1. The van der Waals surface area contributed by atoms with Crippen molar-refractivity contribution in [1.29, 1.82) is 0 Å². The average molecular weight is 486 g/mol. The first-order chi connectivity index (χ1) is 16.6. The standard InChI is InChI=1S/C28H36FNO5/c1-5-6-18-34-27(33)30(17-16-21-10-8-7-9-11-21)20-24-13-12-23(26(32)35-28(2,3)4)19-22(24)14-15-25(29)31/h7-13,19H,5-6,14-18,20H2,1-4H3. The van der Waals surface area contributed by atoms with E-state index in [1.807, 2.05) is 37.3 Å². The van der Waals surface area contributed by atoms with Crippen LogP contribution in [-0.2, 0) is 33.7 Å². The molecule has 0 heterocycles. The highest BCUT2D eigenvalue weighted by molar-refractivity contribution is 5.90. The molecule has 0 spiro atoms. The molecule has 0 aromatic heterocycles. The lowest BCUT2D eigenvalue weighted by Crippen LogP contribution is -2.33. The number of unbranched alkanes of at least 4 members (excludes halogenated alkanes) is 1. The maximum atomic E-state index is 13.1. The van der Waals surface area contributed by atoms with Crippen molar-refractivity contribution >= 4 is 18.1 Å². The van der Waals surface area contributed by atoms with E-state index in [0.717, 1.165) is 24.0 Å². The topological polar surface area (TPSA) is 72.9 Å². The van der Waals surface area contributed by atoms with Crippen LogP contribution >= 0.6 is 0 Å². The van der Waals surface area contributed by atoms with E-state index >= 15 is 0 Å². The molecule has 7 heteroatoms. The smallest absolute Gasteiger partial charge is 0.410 e. The fraction of sp³-hybridized carbons (Fsp3) is 0.464. The van der Waals surface area contributed by atoms with Gasteiger partial charge in [0.15, 0.2) is 0 Å². The summed E-state index contributed by atoms with van der Waals surface area (Å²) in [4.78, 5) is 38.1. The molecule has 0 bridgehead atoms. The second kappa shape index (κ2) is 13.6. The van der Waals surface area contributed by atoms with Crippen LogP contribution in [-0.4, -0.2) is 41.8 Å². The van der Waals surface area contributed by atoms with Crippen LogP contribution in [0.1, 0.15) is 74.0 Å². The Morgan fingerprint density at radius 1 is 0.971 bits per heavy atom. The van der Waals surface area contributed by atoms with Crippen LogP contribution in [0.2, 0.25) is 0 Å². The Bertz CT molecular complexity index is 985. The second-order valence-corrected chi connectivity index (χ2v) is 9.47. The van der Waals surface area contributed by atoms with Crippen molar-refractivity contribution in [3.63, 3.8) is 0 Å². The molecule has 1 amide bonds. The number of carbonyl (C=O) groups excluding carboxylic acids is 3. The fourth-order valence-corrected chi connectivity index (χ4v) is 3.45. The summed E-state index contributed by atoms with van der Waals surface area (Å²) in [5.74, 6) is -0.503. The highest BCUT2D eigenvalue weighted by Gasteiger charge is 2.21. The van der Waals surface area contributed by atoms with Crippen LogP contribution in [0.15, 0.2) is 48.5 Å². The van der Waals surface area contributed by atoms with E-state index in [0.29, 0.717) is 30.7 Å². The highest BCUT2D eigenvalue weighted by Crippen LogP contribution is 2.20. The Hall–Kier alpha value is -3.22. The molecule has 6 nitrogen and oxygen atoms in total. The third-order valence-corrected chi connectivity index (χ3v) is 5.29. The first kappa shape index (κ1) is 28.0. The molecule has 190 valence electrons. The van der Waals surface area contributed by atoms with E-state index in [2.05, 4.69) is 0 Å². The van der Waals surface area contributed by atoms with Gasteiger partial charge in [-0.05, 0) is 68.9 Å². The normalized spacial score (nSPS) is 11.1. The van der Waals surface area contributed by atoms with Gasteiger partial charge in [-0.15, -0.1) is 0 Å². The summed E-state index contributed by atoms with van der Waals surface area (Å²) in [5, 5.41) is 0. The molecule has 2 aromatic carbocycles. The molecule has 0 atom stereocenters. The summed E-state index contributed by atoms with van der Waals surface area (Å²) < 4.78 is 24.0. The monoisotopic (exact) mass is 485 g/mol. The Kier molecular flexibility index (Phi) is 10.9. The van der Waals surface area contributed by atoms with Crippen molar-refractivity contribution in [1.82, 2.24) is 4.90 Å². The van der Waals surface area contributed by atoms with E-state index in [-0.39, 0.29) is 19.4 Å². The van der Waals surface area contributed by atoms with Crippen LogP contribution in [0.25, 0.3) is 0 Å². The van der Waals surface area contributed by atoms with Crippen molar-refractivity contribution in [2.75, 3.05) is 13.2 Å². The Morgan fingerprint density at radius 2 is 1.69 bits per heavy atom. The SMILES string of the molecule is CCCCOC(=O)N(CCc1ccccc1)Cc1ccc(C(=O)OC(C)(C)C)cc1CCC(=O)F. The lowest BCUT2D eigenvalue weighted by molar-refractivity contribution is -0.129. The van der Waals surface area contributed by atoms with Crippen LogP contribution < -0.4 is 0 Å². The van der Waals surface area contributed by atoms with Crippen molar-refractivity contribution in [2.45, 2.75) is 71.9 Å². The fourth-order valence-electron chi connectivity index (χ4n) is 3.45. The van der Waals surface area contributed by atoms with E-state index in [1.54, 1.807) is 43.9 Å². The van der Waals surface area contributed by atoms with Gasteiger partial charge in [-0.25, -0.2) is 9.59 Å². The molecule has 0 saturated carbocycles. The molecule has 0 aliphatic rings. The third kappa shape index (κ3) is 10.3. The van der Waals surface area contributed by atoms with Gasteiger partial charge in [-0.2, -0.15) is 4.39 Å². The molecule has 0 radical (unpaired) electrons. The molecule has 0 N–H and O–H groups in total. The zero-order chi connectivity index (χ0) is 25.8. The number of esters is 1. The molecule has 0 unspecified atom stereocenters. The minimum atomic E-state index is -1.43. The number of ether oxygens (including phenoxy) is 2. The number of nitrogens with zero attached hydrogens (tertiary/aromatic N) is 1. The third-order valence-electron chi connectivity index (χ3n) is 5.29. The number of rotatable bonds is 12. The van der Waals surface area contributed by atoms with Crippen molar-refractivity contribution in [2.24, 2.45) is 0 Å². The number of hydrogen-bond donors (Lipinski definition) is 0. The molecule has 2 aromatic rings. The van der Waals surface area contributed by atoms with Gasteiger partial charge in [-0.1, -0.05) is 49.7 Å². The summed E-state index contributed by atoms with van der Waals surface area (Å²) in [6.07, 6.45) is 1.68. The van der Waals surface area contributed by atoms with Crippen LogP contribution in [0.5, 0.6) is 0 Å². The summed E-state index contributed by atoms with van der Waals surface area (Å²) in [6, 6.07) is 13.4. The maximum Gasteiger partial charge on any atom is 0.410 e. The van der Waals surface area contributed by atoms with E-state index in [9.17, 15) is 18.8 Å². The lowest BCUT2D eigenvalue weighted by Gasteiger charge is -2.24. The minimum Gasteiger partial charge on any atom is -0.456 e. The Balaban J connectivity index is 2.28.